The molecule has 1 aliphatic heterocycles. The molecule has 0 N–H and O–H groups in total. The van der Waals surface area contributed by atoms with Crippen molar-refractivity contribution in [3.05, 3.63) is 36.9 Å². The summed E-state index contributed by atoms with van der Waals surface area (Å²) in [6, 6.07) is 3.58. The lowest BCUT2D eigenvalue weighted by Crippen LogP contribution is -2.44. The molecule has 3 heterocycles. The first-order valence-corrected chi connectivity index (χ1v) is 8.44. The van der Waals surface area contributed by atoms with E-state index < -0.39 is 0 Å². The SMILES string of the molecule is CC(C)O[C@@H]1[C@@H](OC(C)C)N(c2ncccn2)CN1c1ncccn1. The van der Waals surface area contributed by atoms with Crippen molar-refractivity contribution in [2.24, 2.45) is 0 Å². The topological polar surface area (TPSA) is 76.5 Å². The third-order valence-electron chi connectivity index (χ3n) is 3.60. The number of anilines is 2. The molecule has 25 heavy (non-hydrogen) atoms. The molecule has 0 aliphatic carbocycles. The second-order valence-corrected chi connectivity index (χ2v) is 6.33. The van der Waals surface area contributed by atoms with E-state index in [-0.39, 0.29) is 24.7 Å². The molecule has 134 valence electrons. The van der Waals surface area contributed by atoms with Crippen molar-refractivity contribution < 1.29 is 9.47 Å². The van der Waals surface area contributed by atoms with Gasteiger partial charge < -0.3 is 9.47 Å². The van der Waals surface area contributed by atoms with Gasteiger partial charge in [-0.3, -0.25) is 9.80 Å². The minimum atomic E-state index is -0.367. The zero-order valence-electron chi connectivity index (χ0n) is 15.0. The molecular formula is C17H24N6O2. The predicted molar refractivity (Wildman–Crippen MR) is 93.9 cm³/mol. The lowest BCUT2D eigenvalue weighted by molar-refractivity contribution is -0.0930. The molecule has 2 aromatic heterocycles. The Labute approximate surface area is 147 Å². The Balaban J connectivity index is 1.97. The first-order valence-electron chi connectivity index (χ1n) is 8.44. The second kappa shape index (κ2) is 7.71. The van der Waals surface area contributed by atoms with Gasteiger partial charge in [-0.05, 0) is 39.8 Å². The minimum absolute atomic E-state index is 0.0196. The largest absolute Gasteiger partial charge is 0.351 e. The molecule has 3 rings (SSSR count). The van der Waals surface area contributed by atoms with Crippen molar-refractivity contribution in [2.45, 2.75) is 52.4 Å². The highest BCUT2D eigenvalue weighted by Crippen LogP contribution is 2.30. The summed E-state index contributed by atoms with van der Waals surface area (Å²) in [5.74, 6) is 1.17. The third-order valence-corrected chi connectivity index (χ3v) is 3.60. The van der Waals surface area contributed by atoms with Gasteiger partial charge in [0.15, 0.2) is 12.5 Å². The van der Waals surface area contributed by atoms with Crippen molar-refractivity contribution >= 4 is 11.9 Å². The van der Waals surface area contributed by atoms with E-state index in [2.05, 4.69) is 19.9 Å². The van der Waals surface area contributed by atoms with Crippen LogP contribution in [0.3, 0.4) is 0 Å². The molecule has 2 aromatic rings. The van der Waals surface area contributed by atoms with Gasteiger partial charge in [0.1, 0.15) is 6.67 Å². The van der Waals surface area contributed by atoms with Gasteiger partial charge in [-0.1, -0.05) is 0 Å². The van der Waals surface area contributed by atoms with E-state index in [1.807, 2.05) is 37.5 Å². The average molecular weight is 344 g/mol. The first kappa shape index (κ1) is 17.5. The lowest BCUT2D eigenvalue weighted by atomic mass is 10.4. The molecule has 0 unspecified atom stereocenters. The van der Waals surface area contributed by atoms with Gasteiger partial charge in [-0.25, -0.2) is 19.9 Å². The Morgan fingerprint density at radius 3 is 1.44 bits per heavy atom. The second-order valence-electron chi connectivity index (χ2n) is 6.33. The van der Waals surface area contributed by atoms with Crippen LogP contribution in [-0.4, -0.2) is 51.3 Å². The van der Waals surface area contributed by atoms with Gasteiger partial charge in [0.2, 0.25) is 11.9 Å². The van der Waals surface area contributed by atoms with Crippen molar-refractivity contribution in [3.63, 3.8) is 0 Å². The minimum Gasteiger partial charge on any atom is -0.351 e. The number of rotatable bonds is 6. The van der Waals surface area contributed by atoms with Gasteiger partial charge in [0.05, 0.1) is 12.2 Å². The fourth-order valence-electron chi connectivity index (χ4n) is 2.71. The number of aromatic nitrogens is 4. The highest BCUT2D eigenvalue weighted by atomic mass is 16.6. The molecule has 0 amide bonds. The summed E-state index contributed by atoms with van der Waals surface area (Å²) in [6.07, 6.45) is 6.17. The van der Waals surface area contributed by atoms with E-state index in [0.29, 0.717) is 18.6 Å². The highest BCUT2D eigenvalue weighted by Gasteiger charge is 2.45. The van der Waals surface area contributed by atoms with Crippen LogP contribution in [-0.2, 0) is 9.47 Å². The van der Waals surface area contributed by atoms with Crippen LogP contribution in [0.4, 0.5) is 11.9 Å². The van der Waals surface area contributed by atoms with E-state index in [0.717, 1.165) is 0 Å². The summed E-state index contributed by atoms with van der Waals surface area (Å²) >= 11 is 0. The quantitative estimate of drug-likeness (QED) is 0.788. The molecule has 1 aliphatic rings. The molecular weight excluding hydrogens is 320 g/mol. The average Bonchev–Trinajstić information content (AvgIpc) is 2.94. The zero-order chi connectivity index (χ0) is 17.8. The van der Waals surface area contributed by atoms with Crippen LogP contribution in [0.2, 0.25) is 0 Å². The first-order chi connectivity index (χ1) is 12.1. The Kier molecular flexibility index (Phi) is 5.40. The Morgan fingerprint density at radius 1 is 0.760 bits per heavy atom. The van der Waals surface area contributed by atoms with Gasteiger partial charge in [-0.15, -0.1) is 0 Å². The van der Waals surface area contributed by atoms with Crippen molar-refractivity contribution in [1.29, 1.82) is 0 Å². The maximum absolute atomic E-state index is 6.17. The lowest BCUT2D eigenvalue weighted by Gasteiger charge is -2.30. The maximum atomic E-state index is 6.17. The third kappa shape index (κ3) is 4.02. The molecule has 0 radical (unpaired) electrons. The van der Waals surface area contributed by atoms with E-state index >= 15 is 0 Å². The van der Waals surface area contributed by atoms with E-state index in [1.54, 1.807) is 36.9 Å². The monoisotopic (exact) mass is 344 g/mol. The normalized spacial score (nSPS) is 20.7. The van der Waals surface area contributed by atoms with Gasteiger partial charge in [-0.2, -0.15) is 0 Å². The fraction of sp³-hybridized carbons (Fsp3) is 0.529. The molecule has 2 atom stereocenters. The summed E-state index contributed by atoms with van der Waals surface area (Å²) in [7, 11) is 0. The molecule has 1 fully saturated rings. The highest BCUT2D eigenvalue weighted by molar-refractivity contribution is 5.43. The maximum Gasteiger partial charge on any atom is 0.228 e. The van der Waals surface area contributed by atoms with E-state index in [4.69, 9.17) is 9.47 Å². The molecule has 0 saturated carbocycles. The number of ether oxygens (including phenoxy) is 2. The van der Waals surface area contributed by atoms with Crippen LogP contribution in [0.25, 0.3) is 0 Å². The van der Waals surface area contributed by atoms with Crippen LogP contribution < -0.4 is 9.80 Å². The molecule has 0 spiro atoms. The van der Waals surface area contributed by atoms with Crippen molar-refractivity contribution in [1.82, 2.24) is 19.9 Å². The van der Waals surface area contributed by atoms with Gasteiger partial charge in [0.25, 0.3) is 0 Å². The predicted octanol–water partition coefficient (Wildman–Crippen LogP) is 2.05. The van der Waals surface area contributed by atoms with E-state index in [1.165, 1.54) is 0 Å². The number of hydrogen-bond donors (Lipinski definition) is 0. The standard InChI is InChI=1S/C17H24N6O2/c1-12(2)24-14-15(25-13(3)4)23(17-20-9-6-10-21-17)11-22(14)16-18-7-5-8-19-16/h5-10,12-15H,11H2,1-4H3/t14-,15-/m1/s1. The van der Waals surface area contributed by atoms with Crippen LogP contribution in [0.1, 0.15) is 27.7 Å². The zero-order valence-corrected chi connectivity index (χ0v) is 15.0. The summed E-state index contributed by atoms with van der Waals surface area (Å²) in [4.78, 5) is 21.4. The van der Waals surface area contributed by atoms with E-state index in [9.17, 15) is 0 Å². The Morgan fingerprint density at radius 2 is 1.12 bits per heavy atom. The summed E-state index contributed by atoms with van der Waals surface area (Å²) < 4.78 is 12.3. The smallest absolute Gasteiger partial charge is 0.228 e. The summed E-state index contributed by atoms with van der Waals surface area (Å²) in [5.41, 5.74) is 0. The van der Waals surface area contributed by atoms with Gasteiger partial charge in [0, 0.05) is 24.8 Å². The van der Waals surface area contributed by atoms with Crippen molar-refractivity contribution in [3.8, 4) is 0 Å². The Hall–Kier alpha value is -2.32. The molecule has 8 nitrogen and oxygen atoms in total. The van der Waals surface area contributed by atoms with Crippen LogP contribution >= 0.6 is 0 Å². The molecule has 0 bridgehead atoms. The van der Waals surface area contributed by atoms with Gasteiger partial charge >= 0.3 is 0 Å². The van der Waals surface area contributed by atoms with Crippen LogP contribution in [0.15, 0.2) is 36.9 Å². The Bertz CT molecular complexity index is 597. The molecule has 8 heteroatoms. The number of nitrogens with zero attached hydrogens (tertiary/aromatic N) is 6. The number of hydrogen-bond acceptors (Lipinski definition) is 8. The van der Waals surface area contributed by atoms with Crippen LogP contribution in [0.5, 0.6) is 0 Å². The summed E-state index contributed by atoms with van der Waals surface area (Å²) in [6.45, 7) is 8.47. The summed E-state index contributed by atoms with van der Waals surface area (Å²) in [5, 5.41) is 0. The fourth-order valence-corrected chi connectivity index (χ4v) is 2.71. The van der Waals surface area contributed by atoms with Crippen LogP contribution in [0, 0.1) is 0 Å². The molecule has 0 aromatic carbocycles. The molecule has 1 saturated heterocycles. The van der Waals surface area contributed by atoms with Crippen molar-refractivity contribution in [2.75, 3.05) is 16.5 Å².